The van der Waals surface area contributed by atoms with Gasteiger partial charge in [0.05, 0.1) is 13.2 Å². The molecule has 0 aromatic rings. The quantitative estimate of drug-likeness (QED) is 0.193. The van der Waals surface area contributed by atoms with Gasteiger partial charge in [-0.2, -0.15) is 0 Å². The molecule has 0 aliphatic heterocycles. The molecule has 0 N–H and O–H groups in total. The fourth-order valence-electron chi connectivity index (χ4n) is 1.06. The summed E-state index contributed by atoms with van der Waals surface area (Å²) in [6.07, 6.45) is -1.60. The third-order valence-electron chi connectivity index (χ3n) is 2.25. The molecule has 8 nitrogen and oxygen atoms in total. The number of esters is 2. The minimum absolute atomic E-state index is 0. The standard InChI is InChI=1S/C14H23O8P.K/c1-9(2)13(15)21-11(5)7-19-23(17,18)20-8-12(6)22-14(16)10(3)4;/h11-12H,1,3,7-8H2,2,4-6H3,(H,17,18);/q;+1/p-1. The normalized spacial score (nSPS) is 15.2. The smallest absolute Gasteiger partial charge is 0.756 e. The van der Waals surface area contributed by atoms with Crippen LogP contribution in [0.5, 0.6) is 0 Å². The van der Waals surface area contributed by atoms with E-state index < -0.39 is 45.2 Å². The fraction of sp³-hybridized carbons (Fsp3) is 0.571. The molecule has 2 atom stereocenters. The molecule has 10 heteroatoms. The Labute approximate surface area is 184 Å². The summed E-state index contributed by atoms with van der Waals surface area (Å²) in [5.41, 5.74) is 0.373. The zero-order valence-electron chi connectivity index (χ0n) is 14.7. The Hall–Kier alpha value is 0.166. The number of phosphoric ester groups is 1. The summed E-state index contributed by atoms with van der Waals surface area (Å²) in [4.78, 5) is 34.0. The van der Waals surface area contributed by atoms with Crippen molar-refractivity contribution in [3.8, 4) is 0 Å². The molecule has 132 valence electrons. The van der Waals surface area contributed by atoms with Crippen molar-refractivity contribution in [2.24, 2.45) is 0 Å². The summed E-state index contributed by atoms with van der Waals surface area (Å²) in [7, 11) is -4.61. The number of ether oxygens (including phenoxy) is 2. The van der Waals surface area contributed by atoms with Gasteiger partial charge in [-0.05, 0) is 27.7 Å². The van der Waals surface area contributed by atoms with Gasteiger partial charge in [-0.15, -0.1) is 0 Å². The first-order valence-corrected chi connectivity index (χ1v) is 8.23. The van der Waals surface area contributed by atoms with Crippen LogP contribution in [0.1, 0.15) is 27.7 Å². The van der Waals surface area contributed by atoms with E-state index in [4.69, 9.17) is 9.47 Å². The zero-order chi connectivity index (χ0) is 18.2. The van der Waals surface area contributed by atoms with Crippen LogP contribution in [0.15, 0.2) is 24.3 Å². The molecular weight excluding hydrogens is 366 g/mol. The van der Waals surface area contributed by atoms with Crippen LogP contribution in [0.4, 0.5) is 0 Å². The molecule has 24 heavy (non-hydrogen) atoms. The molecule has 0 saturated heterocycles. The van der Waals surface area contributed by atoms with Gasteiger partial charge in [-0.3, -0.25) is 4.57 Å². The first-order valence-electron chi connectivity index (χ1n) is 6.77. The van der Waals surface area contributed by atoms with Crippen LogP contribution in [-0.4, -0.2) is 37.4 Å². The molecule has 2 unspecified atom stereocenters. The molecular formula is C14H22KO8P. The minimum atomic E-state index is -4.61. The van der Waals surface area contributed by atoms with Crippen molar-refractivity contribution < 1.29 is 89.0 Å². The van der Waals surface area contributed by atoms with Crippen LogP contribution in [0.3, 0.4) is 0 Å². The minimum Gasteiger partial charge on any atom is -0.756 e. The number of phosphoric acid groups is 1. The van der Waals surface area contributed by atoms with E-state index >= 15 is 0 Å². The van der Waals surface area contributed by atoms with Crippen LogP contribution in [0.2, 0.25) is 0 Å². The molecule has 0 radical (unpaired) electrons. The van der Waals surface area contributed by atoms with Crippen molar-refractivity contribution in [1.29, 1.82) is 0 Å². The molecule has 0 aliphatic carbocycles. The van der Waals surface area contributed by atoms with E-state index in [-0.39, 0.29) is 62.5 Å². The Bertz CT molecular complexity index is 477. The molecule has 0 bridgehead atoms. The number of carbonyl (C=O) groups excluding carboxylic acids is 2. The van der Waals surface area contributed by atoms with Crippen molar-refractivity contribution in [2.45, 2.75) is 39.9 Å². The van der Waals surface area contributed by atoms with Crippen LogP contribution in [0, 0.1) is 0 Å². The maximum Gasteiger partial charge on any atom is 1.00 e. The molecule has 0 aliphatic rings. The van der Waals surface area contributed by atoms with Gasteiger partial charge in [0.25, 0.3) is 7.82 Å². The molecule has 0 heterocycles. The van der Waals surface area contributed by atoms with Crippen molar-refractivity contribution in [1.82, 2.24) is 0 Å². The van der Waals surface area contributed by atoms with E-state index in [0.717, 1.165) is 0 Å². The van der Waals surface area contributed by atoms with Crippen LogP contribution in [-0.2, 0) is 32.7 Å². The monoisotopic (exact) mass is 388 g/mol. The maximum atomic E-state index is 11.5. The molecule has 0 amide bonds. The van der Waals surface area contributed by atoms with E-state index in [9.17, 15) is 19.0 Å². The topological polar surface area (TPSA) is 111 Å². The van der Waals surface area contributed by atoms with E-state index in [1.54, 1.807) is 0 Å². The van der Waals surface area contributed by atoms with E-state index in [1.165, 1.54) is 27.7 Å². The molecule has 0 aromatic carbocycles. The van der Waals surface area contributed by atoms with Crippen molar-refractivity contribution >= 4 is 19.8 Å². The summed E-state index contributed by atoms with van der Waals surface area (Å²) in [6, 6.07) is 0. The van der Waals surface area contributed by atoms with Gasteiger partial charge in [0.2, 0.25) is 0 Å². The van der Waals surface area contributed by atoms with Gasteiger partial charge in [0, 0.05) is 11.1 Å². The molecule has 0 aromatic heterocycles. The van der Waals surface area contributed by atoms with E-state index in [1.807, 2.05) is 0 Å². The van der Waals surface area contributed by atoms with Gasteiger partial charge < -0.3 is 23.4 Å². The predicted octanol–water partition coefficient (Wildman–Crippen LogP) is -1.49. The Morgan fingerprint density at radius 1 is 0.958 bits per heavy atom. The Kier molecular flexibility index (Phi) is 13.8. The van der Waals surface area contributed by atoms with Gasteiger partial charge in [0.15, 0.2) is 0 Å². The molecule has 0 rings (SSSR count). The zero-order valence-corrected chi connectivity index (χ0v) is 18.7. The second-order valence-corrected chi connectivity index (χ2v) is 6.44. The summed E-state index contributed by atoms with van der Waals surface area (Å²) < 4.78 is 30.4. The third-order valence-corrected chi connectivity index (χ3v) is 3.18. The largest absolute Gasteiger partial charge is 1.00 e. The Balaban J connectivity index is 0. The number of carbonyl (C=O) groups is 2. The second kappa shape index (κ2) is 12.5. The van der Waals surface area contributed by atoms with E-state index in [0.29, 0.717) is 0 Å². The van der Waals surface area contributed by atoms with Crippen LogP contribution in [0.25, 0.3) is 0 Å². The van der Waals surface area contributed by atoms with E-state index in [2.05, 4.69) is 22.2 Å². The van der Waals surface area contributed by atoms with Crippen LogP contribution >= 0.6 is 7.82 Å². The first kappa shape index (κ1) is 26.4. The summed E-state index contributed by atoms with van der Waals surface area (Å²) in [6.45, 7) is 11.8. The SMILES string of the molecule is C=C(C)C(=O)OC(C)COP(=O)([O-])OCC(C)OC(=O)C(=C)C.[K+]. The number of hydrogen-bond acceptors (Lipinski definition) is 8. The number of rotatable bonds is 10. The summed E-state index contributed by atoms with van der Waals surface area (Å²) >= 11 is 0. The molecule has 0 saturated carbocycles. The van der Waals surface area contributed by atoms with Crippen molar-refractivity contribution in [3.63, 3.8) is 0 Å². The fourth-order valence-corrected chi connectivity index (χ4v) is 1.92. The van der Waals surface area contributed by atoms with Gasteiger partial charge in [-0.1, -0.05) is 13.2 Å². The van der Waals surface area contributed by atoms with Crippen molar-refractivity contribution in [3.05, 3.63) is 24.3 Å². The summed E-state index contributed by atoms with van der Waals surface area (Å²) in [5.74, 6) is -1.30. The average Bonchev–Trinajstić information content (AvgIpc) is 2.43. The molecule has 0 spiro atoms. The first-order chi connectivity index (χ1) is 10.4. The van der Waals surface area contributed by atoms with Crippen molar-refractivity contribution in [2.75, 3.05) is 13.2 Å². The predicted molar refractivity (Wildman–Crippen MR) is 80.2 cm³/mol. The van der Waals surface area contributed by atoms with Crippen LogP contribution < -0.4 is 56.3 Å². The van der Waals surface area contributed by atoms with Gasteiger partial charge in [0.1, 0.15) is 12.2 Å². The van der Waals surface area contributed by atoms with Gasteiger partial charge in [-0.25, -0.2) is 9.59 Å². The Morgan fingerprint density at radius 2 is 1.25 bits per heavy atom. The van der Waals surface area contributed by atoms with Gasteiger partial charge >= 0.3 is 63.3 Å². The average molecular weight is 388 g/mol. The third kappa shape index (κ3) is 12.5. The second-order valence-electron chi connectivity index (χ2n) is 5.03. The molecule has 0 fully saturated rings. The Morgan fingerprint density at radius 3 is 1.50 bits per heavy atom. The number of hydrogen-bond donors (Lipinski definition) is 0. The maximum absolute atomic E-state index is 11.5. The summed E-state index contributed by atoms with van der Waals surface area (Å²) in [5, 5.41) is 0.